The monoisotopic (exact) mass is 325 g/mol. The summed E-state index contributed by atoms with van der Waals surface area (Å²) in [4.78, 5) is 23.8. The first-order valence-electron chi connectivity index (χ1n) is 8.54. The molecule has 0 spiro atoms. The first-order valence-corrected chi connectivity index (χ1v) is 8.54. The van der Waals surface area contributed by atoms with E-state index in [1.165, 1.54) is 6.42 Å². The fourth-order valence-corrected chi connectivity index (χ4v) is 5.21. The van der Waals surface area contributed by atoms with Crippen LogP contribution in [0, 0.1) is 23.7 Å². The van der Waals surface area contributed by atoms with Gasteiger partial charge in [-0.25, -0.2) is 9.59 Å². The molecule has 0 aliphatic heterocycles. The Labute approximate surface area is 136 Å². The van der Waals surface area contributed by atoms with Crippen molar-refractivity contribution in [2.45, 2.75) is 70.1 Å². The number of aliphatic hydroxyl groups is 1. The van der Waals surface area contributed by atoms with Crippen LogP contribution < -0.4 is 5.32 Å². The molecule has 4 aliphatic rings. The molecule has 0 saturated heterocycles. The highest BCUT2D eigenvalue weighted by molar-refractivity contribution is 5.81. The van der Waals surface area contributed by atoms with Gasteiger partial charge in [0.2, 0.25) is 0 Å². The van der Waals surface area contributed by atoms with E-state index in [0.29, 0.717) is 11.8 Å². The number of carbonyl (C=O) groups is 2. The fraction of sp³-hybridized carbons (Fsp3) is 0.882. The lowest BCUT2D eigenvalue weighted by molar-refractivity contribution is -0.197. The zero-order valence-corrected chi connectivity index (χ0v) is 14.0. The molecule has 1 amide bonds. The molecule has 6 heteroatoms. The van der Waals surface area contributed by atoms with Gasteiger partial charge in [0.05, 0.1) is 0 Å². The number of carboxylic acid groups (broad SMARTS) is 1. The molecule has 23 heavy (non-hydrogen) atoms. The quantitative estimate of drug-likeness (QED) is 0.739. The van der Waals surface area contributed by atoms with Crippen molar-refractivity contribution in [1.82, 2.24) is 5.32 Å². The smallest absolute Gasteiger partial charge is 0.408 e. The van der Waals surface area contributed by atoms with Gasteiger partial charge in [-0.05, 0) is 76.5 Å². The van der Waals surface area contributed by atoms with Gasteiger partial charge < -0.3 is 20.3 Å². The van der Waals surface area contributed by atoms with Crippen LogP contribution in [0.1, 0.15) is 52.9 Å². The molecule has 0 aromatic heterocycles. The minimum Gasteiger partial charge on any atom is -0.480 e. The van der Waals surface area contributed by atoms with Gasteiger partial charge >= 0.3 is 12.1 Å². The lowest BCUT2D eigenvalue weighted by Gasteiger charge is -2.60. The van der Waals surface area contributed by atoms with Crippen molar-refractivity contribution in [1.29, 1.82) is 0 Å². The van der Waals surface area contributed by atoms with Crippen LogP contribution in [0.15, 0.2) is 0 Å². The molecule has 6 nitrogen and oxygen atoms in total. The van der Waals surface area contributed by atoms with Crippen molar-refractivity contribution in [3.05, 3.63) is 0 Å². The van der Waals surface area contributed by atoms with E-state index >= 15 is 0 Å². The Morgan fingerprint density at radius 3 is 1.96 bits per heavy atom. The summed E-state index contributed by atoms with van der Waals surface area (Å²) >= 11 is 0. The predicted molar refractivity (Wildman–Crippen MR) is 82.8 cm³/mol. The average Bonchev–Trinajstić information content (AvgIpc) is 2.39. The third kappa shape index (κ3) is 2.93. The summed E-state index contributed by atoms with van der Waals surface area (Å²) in [6, 6.07) is -1.31. The Bertz CT molecular complexity index is 482. The van der Waals surface area contributed by atoms with Crippen LogP contribution in [-0.4, -0.2) is 39.5 Å². The van der Waals surface area contributed by atoms with E-state index in [1.54, 1.807) is 20.8 Å². The van der Waals surface area contributed by atoms with Crippen LogP contribution in [0.3, 0.4) is 0 Å². The second kappa shape index (κ2) is 5.36. The highest BCUT2D eigenvalue weighted by atomic mass is 16.6. The molecule has 0 heterocycles. The maximum absolute atomic E-state index is 12.0. The molecule has 4 rings (SSSR count). The Morgan fingerprint density at radius 1 is 1.09 bits per heavy atom. The largest absolute Gasteiger partial charge is 0.480 e. The Morgan fingerprint density at radius 2 is 1.57 bits per heavy atom. The molecular formula is C17H27NO5. The molecule has 4 aliphatic carbocycles. The molecule has 130 valence electrons. The minimum absolute atomic E-state index is 0.0465. The Balaban J connectivity index is 1.80. The number of aliphatic carboxylic acids is 1. The van der Waals surface area contributed by atoms with E-state index in [2.05, 4.69) is 5.32 Å². The number of hydrogen-bond acceptors (Lipinski definition) is 4. The standard InChI is InChI=1S/C17H27NO5/c1-16(2,3)23-15(21)18-13(14(19)20)17(22)11-5-9-4-10(7-11)8-12(17)6-9/h9-13,22H,4-8H2,1-3H3,(H,18,21)(H,19,20). The number of hydrogen-bond donors (Lipinski definition) is 3. The summed E-state index contributed by atoms with van der Waals surface area (Å²) in [6.07, 6.45) is 3.88. The van der Waals surface area contributed by atoms with E-state index in [9.17, 15) is 19.8 Å². The van der Waals surface area contributed by atoms with E-state index in [1.807, 2.05) is 0 Å². The third-order valence-electron chi connectivity index (χ3n) is 5.82. The zero-order valence-electron chi connectivity index (χ0n) is 14.0. The van der Waals surface area contributed by atoms with Gasteiger partial charge in [-0.2, -0.15) is 0 Å². The summed E-state index contributed by atoms with van der Waals surface area (Å²) in [6.45, 7) is 5.17. The van der Waals surface area contributed by atoms with Crippen molar-refractivity contribution in [3.8, 4) is 0 Å². The zero-order chi connectivity index (χ0) is 17.0. The highest BCUT2D eigenvalue weighted by Gasteiger charge is 2.62. The first kappa shape index (κ1) is 16.6. The van der Waals surface area contributed by atoms with Crippen molar-refractivity contribution in [3.63, 3.8) is 0 Å². The van der Waals surface area contributed by atoms with Crippen LogP contribution in [0.25, 0.3) is 0 Å². The molecule has 4 bridgehead atoms. The van der Waals surface area contributed by atoms with Gasteiger partial charge in [0, 0.05) is 0 Å². The SMILES string of the molecule is CC(C)(C)OC(=O)NC(C(=O)O)C1(O)C2CC3CC(C2)CC1C3. The van der Waals surface area contributed by atoms with Gasteiger partial charge in [0.25, 0.3) is 0 Å². The highest BCUT2D eigenvalue weighted by Crippen LogP contribution is 2.59. The van der Waals surface area contributed by atoms with Gasteiger partial charge in [-0.15, -0.1) is 0 Å². The number of ether oxygens (including phenoxy) is 1. The van der Waals surface area contributed by atoms with E-state index in [-0.39, 0.29) is 11.8 Å². The summed E-state index contributed by atoms with van der Waals surface area (Å²) < 4.78 is 5.18. The fourth-order valence-electron chi connectivity index (χ4n) is 5.21. The van der Waals surface area contributed by atoms with E-state index < -0.39 is 29.3 Å². The molecule has 1 unspecified atom stereocenters. The number of carboxylic acids is 1. The summed E-state index contributed by atoms with van der Waals surface area (Å²) in [5.41, 5.74) is -2.07. The van der Waals surface area contributed by atoms with Crippen molar-refractivity contribution in [2.24, 2.45) is 23.7 Å². The van der Waals surface area contributed by atoms with Crippen LogP contribution >= 0.6 is 0 Å². The van der Waals surface area contributed by atoms with Crippen molar-refractivity contribution >= 4 is 12.1 Å². The maximum atomic E-state index is 12.0. The second-order valence-corrected chi connectivity index (χ2v) is 8.61. The van der Waals surface area contributed by atoms with E-state index in [4.69, 9.17) is 4.74 Å². The van der Waals surface area contributed by atoms with Crippen LogP contribution in [0.2, 0.25) is 0 Å². The Hall–Kier alpha value is -1.30. The second-order valence-electron chi connectivity index (χ2n) is 8.61. The lowest BCUT2D eigenvalue weighted by Crippen LogP contribution is -2.69. The maximum Gasteiger partial charge on any atom is 0.408 e. The van der Waals surface area contributed by atoms with Crippen LogP contribution in [-0.2, 0) is 9.53 Å². The third-order valence-corrected chi connectivity index (χ3v) is 5.82. The molecule has 0 radical (unpaired) electrons. The number of rotatable bonds is 3. The summed E-state index contributed by atoms with van der Waals surface area (Å²) in [5.74, 6) is -0.0714. The minimum atomic E-state index is -1.36. The van der Waals surface area contributed by atoms with Gasteiger partial charge in [0.15, 0.2) is 6.04 Å². The predicted octanol–water partition coefficient (Wildman–Crippen LogP) is 2.15. The average molecular weight is 325 g/mol. The molecule has 4 saturated carbocycles. The molecule has 1 atom stereocenters. The number of nitrogens with one attached hydrogen (secondary N) is 1. The Kier molecular flexibility index (Phi) is 3.86. The topological polar surface area (TPSA) is 95.9 Å². The van der Waals surface area contributed by atoms with Crippen LogP contribution in [0.5, 0.6) is 0 Å². The van der Waals surface area contributed by atoms with Crippen LogP contribution in [0.4, 0.5) is 4.79 Å². The number of amides is 1. The molecule has 4 fully saturated rings. The molecule has 0 aromatic rings. The van der Waals surface area contributed by atoms with Crippen molar-refractivity contribution < 1.29 is 24.5 Å². The van der Waals surface area contributed by atoms with Gasteiger partial charge in [0.1, 0.15) is 11.2 Å². The van der Waals surface area contributed by atoms with Gasteiger partial charge in [-0.1, -0.05) is 0 Å². The van der Waals surface area contributed by atoms with Crippen molar-refractivity contribution in [2.75, 3.05) is 0 Å². The normalized spacial score (nSPS) is 39.8. The lowest BCUT2D eigenvalue weighted by atomic mass is 9.48. The van der Waals surface area contributed by atoms with Gasteiger partial charge in [-0.3, -0.25) is 0 Å². The molecule has 0 aromatic carbocycles. The molecule has 3 N–H and O–H groups in total. The first-order chi connectivity index (χ1) is 10.6. The molecular weight excluding hydrogens is 298 g/mol. The van der Waals surface area contributed by atoms with E-state index in [0.717, 1.165) is 25.7 Å². The number of carbonyl (C=O) groups excluding carboxylic acids is 1. The number of alkyl carbamates (subject to hydrolysis) is 1. The summed E-state index contributed by atoms with van der Waals surface area (Å²) in [5, 5.41) is 23.4. The summed E-state index contributed by atoms with van der Waals surface area (Å²) in [7, 11) is 0.